The van der Waals surface area contributed by atoms with Crippen LogP contribution in [0.2, 0.25) is 0 Å². The van der Waals surface area contributed by atoms with Gasteiger partial charge in [-0.3, -0.25) is 0 Å². The molecule has 2 nitrogen and oxygen atoms in total. The highest BCUT2D eigenvalue weighted by atomic mass is 16.5. The van der Waals surface area contributed by atoms with E-state index in [0.717, 1.165) is 57.8 Å². The van der Waals surface area contributed by atoms with E-state index in [0.29, 0.717) is 0 Å². The van der Waals surface area contributed by atoms with Crippen LogP contribution in [-0.4, -0.2) is 21.9 Å². The Morgan fingerprint density at radius 2 is 0.696 bits per heavy atom. The van der Waals surface area contributed by atoms with E-state index in [4.69, 9.17) is 4.74 Å². The third-order valence-corrected chi connectivity index (χ3v) is 6.27. The average Bonchev–Trinajstić information content (AvgIpc) is 2.64. The maximum absolute atomic E-state index is 9.44. The summed E-state index contributed by atoms with van der Waals surface area (Å²) in [5.41, 5.74) is -0.149. The third-order valence-electron chi connectivity index (χ3n) is 6.27. The summed E-state index contributed by atoms with van der Waals surface area (Å²) < 4.78 is 6.52. The maximum atomic E-state index is 9.44. The first-order valence-electron chi connectivity index (χ1n) is 10.2. The number of hydrogen-bond acceptors (Lipinski definition) is 2. The molecule has 0 unspecified atom stereocenters. The average molecular weight is 331 g/mol. The molecule has 0 aromatic rings. The zero-order chi connectivity index (χ0) is 18.6. The molecular weight excluding hydrogens is 284 g/mol. The lowest BCUT2D eigenvalue weighted by molar-refractivity contribution is -0.168. The first kappa shape index (κ1) is 25.2. The van der Waals surface area contributed by atoms with Gasteiger partial charge in [0, 0.05) is 0 Å². The molecule has 0 aliphatic rings. The summed E-state index contributed by atoms with van der Waals surface area (Å²) in [5, 5.41) is 9.44. The van der Waals surface area contributed by atoms with Crippen molar-refractivity contribution in [3.63, 3.8) is 0 Å². The van der Waals surface area contributed by atoms with Gasteiger partial charge in [-0.2, -0.15) is 0 Å². The molecule has 0 rings (SSSR count). The fourth-order valence-electron chi connectivity index (χ4n) is 3.14. The van der Waals surface area contributed by atoms with Gasteiger partial charge in [-0.15, -0.1) is 0 Å². The van der Waals surface area contributed by atoms with Crippen LogP contribution < -0.4 is 0 Å². The molecule has 0 aliphatic carbocycles. The van der Waals surface area contributed by atoms with Crippen molar-refractivity contribution in [2.75, 3.05) is 0 Å². The zero-order valence-electron chi connectivity index (χ0n) is 17.7. The van der Waals surface area contributed by atoms with Crippen molar-refractivity contribution in [3.8, 4) is 0 Å². The summed E-state index contributed by atoms with van der Waals surface area (Å²) >= 11 is 0. The van der Waals surface area contributed by atoms with Gasteiger partial charge in [0.2, 0.25) is 0 Å². The maximum Gasteiger partial charge on any atom is 0.0682 e. The van der Waals surface area contributed by atoms with Crippen molar-refractivity contribution in [1.82, 2.24) is 0 Å². The van der Waals surface area contributed by atoms with Crippen molar-refractivity contribution in [2.45, 2.75) is 137 Å². The number of aliphatic hydroxyl groups is 1. The fourth-order valence-corrected chi connectivity index (χ4v) is 3.14. The van der Waals surface area contributed by atoms with Crippen molar-refractivity contribution in [1.29, 1.82) is 0 Å². The third kappa shape index (κ3) is 8.03. The fraction of sp³-hybridized carbons (Fsp3) is 1.00. The van der Waals surface area contributed by atoms with E-state index in [1.54, 1.807) is 0 Å². The van der Waals surface area contributed by atoms with E-state index in [2.05, 4.69) is 41.5 Å². The molecule has 2 heteroatoms. The van der Waals surface area contributed by atoms with Gasteiger partial charge in [-0.1, -0.05) is 62.3 Å². The lowest BCUT2D eigenvalue weighted by Crippen LogP contribution is -2.43. The zero-order valence-corrected chi connectivity index (χ0v) is 17.7. The smallest absolute Gasteiger partial charge is 0.0682 e. The molecule has 0 spiro atoms. The molecule has 0 aromatic heterocycles. The van der Waals surface area contributed by atoms with Crippen molar-refractivity contribution < 1.29 is 9.84 Å². The SMILES string of the molecule is CCC(CC)(CC)OC(CC)(CC)CC.CCC(O)(CC)CC. The van der Waals surface area contributed by atoms with Crippen LogP contribution in [-0.2, 0) is 4.74 Å². The summed E-state index contributed by atoms with van der Waals surface area (Å²) in [6, 6.07) is 0. The van der Waals surface area contributed by atoms with Gasteiger partial charge in [0.05, 0.1) is 16.8 Å². The largest absolute Gasteiger partial charge is 0.390 e. The van der Waals surface area contributed by atoms with E-state index in [-0.39, 0.29) is 16.8 Å². The van der Waals surface area contributed by atoms with Gasteiger partial charge in [0.25, 0.3) is 0 Å². The summed E-state index contributed by atoms with van der Waals surface area (Å²) in [4.78, 5) is 0. The highest BCUT2D eigenvalue weighted by Gasteiger charge is 2.35. The van der Waals surface area contributed by atoms with Crippen molar-refractivity contribution in [2.24, 2.45) is 0 Å². The van der Waals surface area contributed by atoms with Crippen LogP contribution in [0.3, 0.4) is 0 Å². The normalized spacial score (nSPS) is 12.8. The first-order valence-corrected chi connectivity index (χ1v) is 10.2. The predicted octanol–water partition coefficient (Wildman–Crippen LogP) is 6.89. The lowest BCUT2D eigenvalue weighted by Gasteiger charge is -2.42. The van der Waals surface area contributed by atoms with Crippen LogP contribution in [0.4, 0.5) is 0 Å². The van der Waals surface area contributed by atoms with Gasteiger partial charge < -0.3 is 9.84 Å². The minimum Gasteiger partial charge on any atom is -0.390 e. The molecule has 142 valence electrons. The van der Waals surface area contributed by atoms with E-state index in [1.807, 2.05) is 20.8 Å². The van der Waals surface area contributed by atoms with E-state index >= 15 is 0 Å². The highest BCUT2D eigenvalue weighted by molar-refractivity contribution is 4.85. The molecule has 0 atom stereocenters. The highest BCUT2D eigenvalue weighted by Crippen LogP contribution is 2.35. The molecule has 0 aromatic carbocycles. The van der Waals surface area contributed by atoms with Crippen LogP contribution in [0.25, 0.3) is 0 Å². The lowest BCUT2D eigenvalue weighted by atomic mass is 9.88. The molecule has 0 bridgehead atoms. The van der Waals surface area contributed by atoms with Gasteiger partial charge in [0.15, 0.2) is 0 Å². The second-order valence-corrected chi connectivity index (χ2v) is 6.87. The molecule has 0 radical (unpaired) electrons. The van der Waals surface area contributed by atoms with Crippen molar-refractivity contribution >= 4 is 0 Å². The van der Waals surface area contributed by atoms with E-state index < -0.39 is 0 Å². The summed E-state index contributed by atoms with van der Waals surface area (Å²) in [6.45, 7) is 19.6. The molecule has 0 fully saturated rings. The van der Waals surface area contributed by atoms with Gasteiger partial charge in [-0.25, -0.2) is 0 Å². The second kappa shape index (κ2) is 12.3. The Bertz CT molecular complexity index is 218. The summed E-state index contributed by atoms with van der Waals surface area (Å²) in [6.07, 6.45) is 9.39. The number of rotatable bonds is 11. The Labute approximate surface area is 147 Å². The van der Waals surface area contributed by atoms with Gasteiger partial charge in [-0.05, 0) is 57.8 Å². The van der Waals surface area contributed by atoms with E-state index in [1.165, 1.54) is 0 Å². The molecule has 1 N–H and O–H groups in total. The second-order valence-electron chi connectivity index (χ2n) is 6.87. The minimum atomic E-state index is -0.375. The quantitative estimate of drug-likeness (QED) is 0.447. The van der Waals surface area contributed by atoms with Crippen LogP contribution in [0, 0.1) is 0 Å². The number of hydrogen-bond donors (Lipinski definition) is 1. The predicted molar refractivity (Wildman–Crippen MR) is 104 cm³/mol. The Morgan fingerprint density at radius 3 is 0.783 bits per heavy atom. The van der Waals surface area contributed by atoms with Crippen LogP contribution >= 0.6 is 0 Å². The van der Waals surface area contributed by atoms with Crippen LogP contribution in [0.1, 0.15) is 120 Å². The van der Waals surface area contributed by atoms with Crippen LogP contribution in [0.15, 0.2) is 0 Å². The first-order chi connectivity index (χ1) is 10.8. The number of ether oxygens (including phenoxy) is 1. The van der Waals surface area contributed by atoms with Gasteiger partial charge in [0.1, 0.15) is 0 Å². The molecule has 0 heterocycles. The molecule has 0 aliphatic heterocycles. The Hall–Kier alpha value is -0.0800. The monoisotopic (exact) mass is 330 g/mol. The Balaban J connectivity index is 0. The summed E-state index contributed by atoms with van der Waals surface area (Å²) in [7, 11) is 0. The standard InChI is InChI=1S/C14H30O.C7H16O/c1-7-13(8-2,9-3)15-14(10-4,11-5)12-6;1-4-7(8,5-2)6-3/h7-12H2,1-6H3;8H,4-6H2,1-3H3. The molecule has 0 amide bonds. The molecular formula is C21H46O2. The Kier molecular flexibility index (Phi) is 13.5. The van der Waals surface area contributed by atoms with E-state index in [9.17, 15) is 5.11 Å². The molecule has 0 saturated heterocycles. The topological polar surface area (TPSA) is 29.5 Å². The van der Waals surface area contributed by atoms with Crippen molar-refractivity contribution in [3.05, 3.63) is 0 Å². The van der Waals surface area contributed by atoms with Gasteiger partial charge >= 0.3 is 0 Å². The Morgan fingerprint density at radius 1 is 0.478 bits per heavy atom. The molecule has 0 saturated carbocycles. The minimum absolute atomic E-state index is 0.113. The summed E-state index contributed by atoms with van der Waals surface area (Å²) in [5.74, 6) is 0. The molecule has 23 heavy (non-hydrogen) atoms. The van der Waals surface area contributed by atoms with Crippen LogP contribution in [0.5, 0.6) is 0 Å².